The normalized spacial score (nSPS) is 18.0. The van der Waals surface area contributed by atoms with Gasteiger partial charge in [-0.15, -0.1) is 0 Å². The van der Waals surface area contributed by atoms with Crippen molar-refractivity contribution >= 4 is 34.5 Å². The highest BCUT2D eigenvalue weighted by Crippen LogP contribution is 2.41. The molecule has 7 nitrogen and oxygen atoms in total. The van der Waals surface area contributed by atoms with Gasteiger partial charge in [-0.05, 0) is 49.1 Å². The maximum atomic E-state index is 13.8. The van der Waals surface area contributed by atoms with E-state index in [4.69, 9.17) is 9.72 Å². The van der Waals surface area contributed by atoms with E-state index in [1.54, 1.807) is 11.8 Å². The van der Waals surface area contributed by atoms with Crippen molar-refractivity contribution in [1.82, 2.24) is 9.55 Å². The smallest absolute Gasteiger partial charge is 0.321 e. The van der Waals surface area contributed by atoms with Crippen LogP contribution in [-0.2, 0) is 14.3 Å². The second kappa shape index (κ2) is 9.25. The number of aromatic nitrogens is 2. The van der Waals surface area contributed by atoms with Crippen LogP contribution in [0.1, 0.15) is 38.8 Å². The van der Waals surface area contributed by atoms with Crippen LogP contribution in [0.15, 0.2) is 48.5 Å². The third kappa shape index (κ3) is 4.19. The Labute approximate surface area is 195 Å². The third-order valence-corrected chi connectivity index (χ3v) is 6.17. The molecule has 0 bridgehead atoms. The topological polar surface area (TPSA) is 67.7 Å². The minimum absolute atomic E-state index is 0.221. The van der Waals surface area contributed by atoms with E-state index in [1.165, 1.54) is 0 Å². The van der Waals surface area contributed by atoms with Gasteiger partial charge in [0.1, 0.15) is 0 Å². The van der Waals surface area contributed by atoms with Crippen LogP contribution in [0.5, 0.6) is 0 Å². The van der Waals surface area contributed by atoms with E-state index in [9.17, 15) is 9.59 Å². The molecule has 0 N–H and O–H groups in total. The minimum atomic E-state index is -0.979. The SMILES string of the molecule is CCOC(=O)[C@H]1C(=O)N(CCC(C)C)c2nc3ccccc3n2[C@@H]1c1ccc(N(C)C)cc1. The van der Waals surface area contributed by atoms with Crippen molar-refractivity contribution < 1.29 is 14.3 Å². The lowest BCUT2D eigenvalue weighted by Gasteiger charge is -2.38. The molecule has 2 atom stereocenters. The zero-order valence-electron chi connectivity index (χ0n) is 20.0. The molecule has 2 aromatic carbocycles. The fourth-order valence-electron chi connectivity index (χ4n) is 4.42. The Kier molecular flexibility index (Phi) is 6.40. The molecule has 174 valence electrons. The Morgan fingerprint density at radius 2 is 1.82 bits per heavy atom. The van der Waals surface area contributed by atoms with Gasteiger partial charge in [0.2, 0.25) is 11.9 Å². The van der Waals surface area contributed by atoms with Crippen molar-refractivity contribution in [3.05, 3.63) is 54.1 Å². The molecular formula is C26H32N4O3. The van der Waals surface area contributed by atoms with Crippen LogP contribution >= 0.6 is 0 Å². The number of benzene rings is 2. The average Bonchev–Trinajstić information content (AvgIpc) is 3.17. The summed E-state index contributed by atoms with van der Waals surface area (Å²) in [6.45, 7) is 6.73. The second-order valence-corrected chi connectivity index (χ2v) is 9.10. The Bertz CT molecular complexity index is 1150. The van der Waals surface area contributed by atoms with Gasteiger partial charge in [-0.25, -0.2) is 4.98 Å². The summed E-state index contributed by atoms with van der Waals surface area (Å²) in [5, 5.41) is 0. The Balaban J connectivity index is 1.93. The number of hydrogen-bond donors (Lipinski definition) is 0. The van der Waals surface area contributed by atoms with E-state index in [2.05, 4.69) is 13.8 Å². The zero-order chi connectivity index (χ0) is 23.7. The molecule has 0 saturated heterocycles. The summed E-state index contributed by atoms with van der Waals surface area (Å²) in [5.74, 6) is -0.731. The first-order chi connectivity index (χ1) is 15.8. The van der Waals surface area contributed by atoms with Crippen molar-refractivity contribution in [3.8, 4) is 0 Å². The molecule has 1 aliphatic rings. The van der Waals surface area contributed by atoms with E-state index in [0.717, 1.165) is 28.7 Å². The number of ether oxygens (including phenoxy) is 1. The number of fused-ring (bicyclic) bond motifs is 3. The summed E-state index contributed by atoms with van der Waals surface area (Å²) in [5.41, 5.74) is 3.61. The van der Waals surface area contributed by atoms with Crippen LogP contribution in [0.3, 0.4) is 0 Å². The van der Waals surface area contributed by atoms with Gasteiger partial charge in [0.15, 0.2) is 5.92 Å². The largest absolute Gasteiger partial charge is 0.465 e. The second-order valence-electron chi connectivity index (χ2n) is 9.10. The van der Waals surface area contributed by atoms with E-state index < -0.39 is 17.9 Å². The lowest BCUT2D eigenvalue weighted by molar-refractivity contribution is -0.153. The maximum Gasteiger partial charge on any atom is 0.321 e. The fraction of sp³-hybridized carbons (Fsp3) is 0.423. The summed E-state index contributed by atoms with van der Waals surface area (Å²) in [4.78, 5) is 35.5. The first kappa shape index (κ1) is 22.8. The molecule has 0 unspecified atom stereocenters. The van der Waals surface area contributed by atoms with Crippen LogP contribution in [-0.4, -0.2) is 48.7 Å². The highest BCUT2D eigenvalue weighted by atomic mass is 16.5. The molecule has 33 heavy (non-hydrogen) atoms. The highest BCUT2D eigenvalue weighted by Gasteiger charge is 2.47. The van der Waals surface area contributed by atoms with Crippen LogP contribution in [0.2, 0.25) is 0 Å². The molecule has 4 rings (SSSR count). The fourth-order valence-corrected chi connectivity index (χ4v) is 4.42. The third-order valence-electron chi connectivity index (χ3n) is 6.17. The van der Waals surface area contributed by atoms with Gasteiger partial charge in [0.25, 0.3) is 0 Å². The Hall–Kier alpha value is -3.35. The number of carbonyl (C=O) groups is 2. The number of rotatable bonds is 7. The summed E-state index contributed by atoms with van der Waals surface area (Å²) in [6, 6.07) is 15.3. The average molecular weight is 449 g/mol. The monoisotopic (exact) mass is 448 g/mol. The summed E-state index contributed by atoms with van der Waals surface area (Å²) < 4.78 is 7.46. The molecular weight excluding hydrogens is 416 g/mol. The molecule has 1 aliphatic heterocycles. The summed E-state index contributed by atoms with van der Waals surface area (Å²) in [7, 11) is 3.96. The summed E-state index contributed by atoms with van der Waals surface area (Å²) in [6.07, 6.45) is 0.812. The maximum absolute atomic E-state index is 13.8. The predicted octanol–water partition coefficient (Wildman–Crippen LogP) is 4.26. The highest BCUT2D eigenvalue weighted by molar-refractivity contribution is 6.08. The number of hydrogen-bond acceptors (Lipinski definition) is 5. The van der Waals surface area contributed by atoms with E-state index in [-0.39, 0.29) is 12.5 Å². The van der Waals surface area contributed by atoms with Crippen molar-refractivity contribution in [3.63, 3.8) is 0 Å². The predicted molar refractivity (Wildman–Crippen MR) is 131 cm³/mol. The van der Waals surface area contributed by atoms with Crippen molar-refractivity contribution in [2.24, 2.45) is 11.8 Å². The molecule has 7 heteroatoms. The Morgan fingerprint density at radius 1 is 1.12 bits per heavy atom. The molecule has 0 aliphatic carbocycles. The van der Waals surface area contributed by atoms with Crippen LogP contribution in [0.4, 0.5) is 11.6 Å². The molecule has 0 radical (unpaired) electrons. The van der Waals surface area contributed by atoms with Gasteiger partial charge in [-0.3, -0.25) is 14.5 Å². The number of nitrogens with zero attached hydrogens (tertiary/aromatic N) is 4. The Morgan fingerprint density at radius 3 is 2.45 bits per heavy atom. The van der Waals surface area contributed by atoms with Crippen molar-refractivity contribution in [2.75, 3.05) is 37.0 Å². The van der Waals surface area contributed by atoms with Gasteiger partial charge in [-0.2, -0.15) is 0 Å². The lowest BCUT2D eigenvalue weighted by Crippen LogP contribution is -2.50. The van der Waals surface area contributed by atoms with Gasteiger partial charge in [0, 0.05) is 26.3 Å². The number of anilines is 2. The van der Waals surface area contributed by atoms with E-state index in [0.29, 0.717) is 18.4 Å². The summed E-state index contributed by atoms with van der Waals surface area (Å²) >= 11 is 0. The number of carbonyl (C=O) groups excluding carboxylic acids is 2. The first-order valence-electron chi connectivity index (χ1n) is 11.6. The lowest BCUT2D eigenvalue weighted by atomic mass is 9.89. The van der Waals surface area contributed by atoms with Crippen LogP contribution in [0.25, 0.3) is 11.0 Å². The van der Waals surface area contributed by atoms with Crippen LogP contribution < -0.4 is 9.80 Å². The zero-order valence-corrected chi connectivity index (χ0v) is 20.0. The van der Waals surface area contributed by atoms with Crippen molar-refractivity contribution in [2.45, 2.75) is 33.2 Å². The van der Waals surface area contributed by atoms with E-state index in [1.807, 2.05) is 72.1 Å². The van der Waals surface area contributed by atoms with Crippen LogP contribution in [0, 0.1) is 11.8 Å². The van der Waals surface area contributed by atoms with E-state index >= 15 is 0 Å². The molecule has 0 fully saturated rings. The molecule has 3 aromatic rings. The van der Waals surface area contributed by atoms with Gasteiger partial charge < -0.3 is 14.2 Å². The van der Waals surface area contributed by atoms with Gasteiger partial charge in [0.05, 0.1) is 23.7 Å². The van der Waals surface area contributed by atoms with Gasteiger partial charge >= 0.3 is 5.97 Å². The molecule has 2 heterocycles. The molecule has 0 spiro atoms. The molecule has 0 saturated carbocycles. The molecule has 1 aromatic heterocycles. The standard InChI is InChI=1S/C26H32N4O3/c1-6-33-25(32)22-23(18-11-13-19(14-12-18)28(4)5)30-21-10-8-7-9-20(21)27-26(30)29(24(22)31)16-15-17(2)3/h7-14,17,22-23H,6,15-16H2,1-5H3/t22-,23-/m1/s1. The van der Waals surface area contributed by atoms with Crippen molar-refractivity contribution in [1.29, 1.82) is 0 Å². The van der Waals surface area contributed by atoms with Gasteiger partial charge in [-0.1, -0.05) is 38.1 Å². The number of para-hydroxylation sites is 2. The minimum Gasteiger partial charge on any atom is -0.465 e. The number of imidazole rings is 1. The number of esters is 1. The first-order valence-corrected chi connectivity index (χ1v) is 11.6. The quantitative estimate of drug-likeness (QED) is 0.399. The number of amides is 1. The molecule has 1 amide bonds.